The molecular formula is C140H178. The Hall–Kier alpha value is -9.10. The normalized spacial score (nSPS) is 19.7. The summed E-state index contributed by atoms with van der Waals surface area (Å²) in [4.78, 5) is 0. The van der Waals surface area contributed by atoms with Crippen LogP contribution in [0.2, 0.25) is 0 Å². The maximum Gasteiger partial charge on any atom is 0.0356 e. The van der Waals surface area contributed by atoms with E-state index in [0.29, 0.717) is 5.92 Å². The summed E-state index contributed by atoms with van der Waals surface area (Å²) < 4.78 is 0. The van der Waals surface area contributed by atoms with Crippen molar-refractivity contribution >= 4 is 97.3 Å². The van der Waals surface area contributed by atoms with E-state index >= 15 is 0 Å². The van der Waals surface area contributed by atoms with Crippen LogP contribution in [0, 0.1) is 224 Å². The third-order valence-corrected chi connectivity index (χ3v) is 46.0. The monoisotopic (exact) mass is 1860 g/mol. The second-order valence-corrected chi connectivity index (χ2v) is 52.8. The zero-order valence-electron chi connectivity index (χ0n) is 99.6. The fraction of sp³-hybridized carbons (Fsp3) is 0.500. The molecular weight excluding hydrogens is 1680 g/mol. The molecule has 0 bridgehead atoms. The van der Waals surface area contributed by atoms with E-state index in [2.05, 4.69) is 409 Å². The van der Waals surface area contributed by atoms with Crippen LogP contribution >= 0.6 is 0 Å². The number of benzene rings is 12. The highest BCUT2D eigenvalue weighted by atomic mass is 14.6. The van der Waals surface area contributed by atoms with Gasteiger partial charge in [0.25, 0.3) is 0 Å². The SMILES string of the molecule is CC1=C(C)C2=C(C)C(C)=C3C4=C(C(C)=C(C)C(=C1C)[C@H]24)C(C)(C)C3(C)C.CC1=C(C)c2c(C)c(C)c3c4c(c(C)c(C)c1c24)C(C)(C)C3(C)C.Cc1c(C)c(C)c2c(c1C)c(C)c1c3c(c(C)c(C)c(C)c32)C(C)(C)C1(C)C.Cc1c(C)c(C)c2c(c1C)c(C)c1c3c(c(C)c(C)c(C)c32)C(C)(C)C1(C)C.Cc1c(C)c(C)c2c(c1C)c(C)c1c3c(c(C)c4c(C)c(C)c(C)c(C)c4c32)C(C)(C)C1(C)C. The van der Waals surface area contributed by atoms with Gasteiger partial charge in [-0.2, -0.15) is 0 Å². The molecule has 12 aromatic rings. The summed E-state index contributed by atoms with van der Waals surface area (Å²) >= 11 is 0. The van der Waals surface area contributed by atoms with Crippen LogP contribution in [0.15, 0.2) is 66.9 Å². The minimum absolute atomic E-state index is 0.0546. The molecule has 0 saturated carbocycles. The lowest BCUT2D eigenvalue weighted by atomic mass is 9.61. The smallest absolute Gasteiger partial charge is 0.0356 e. The second kappa shape index (κ2) is 31.0. The van der Waals surface area contributed by atoms with Crippen LogP contribution in [-0.4, -0.2) is 0 Å². The number of hydrogen-bond donors (Lipinski definition) is 0. The standard InChI is InChI=1S/C34H42.2C28H36.C26H34.C24H30/c1-15-17(3)21(7)27-25(19(15)5)23(9)31-30-29(27)28-22(8)18(4)16(2)20(6)26(28)24(10)32(30)34(13,14)33(31,11)12;2*1-13-14(2)17(5)22-21(16(13)4)20(8)26-24-23(22)18(6)15(3)19(7)25(24)27(9,10)28(26,11)12;1-12-13(2)19-15(4)17(6)23-22-21(19)20(14(12)3)16(5)18(7)24(22)26(10,11)25(23,8)9;1-11-12(2)18-14(4)16(6)22-20-19(18)17(11)13(3)15(5)21(20)23(7,8)24(22,9)10/h1-14H3;2*1-12H3;21H,1-11H3;1-10H3. The summed E-state index contributed by atoms with van der Waals surface area (Å²) in [5.41, 5.74) is 82.9. The van der Waals surface area contributed by atoms with Crippen LogP contribution in [0.3, 0.4) is 0 Å². The van der Waals surface area contributed by atoms with Crippen molar-refractivity contribution in [2.75, 3.05) is 0 Å². The van der Waals surface area contributed by atoms with E-state index in [9.17, 15) is 0 Å². The van der Waals surface area contributed by atoms with Gasteiger partial charge in [-0.1, -0.05) is 138 Å². The van der Waals surface area contributed by atoms with Crippen molar-refractivity contribution in [3.8, 4) is 0 Å². The van der Waals surface area contributed by atoms with Gasteiger partial charge < -0.3 is 0 Å². The van der Waals surface area contributed by atoms with Crippen LogP contribution in [-0.2, 0) is 43.3 Å². The van der Waals surface area contributed by atoms with Crippen molar-refractivity contribution in [1.82, 2.24) is 0 Å². The Morgan fingerprint density at radius 1 is 0.107 bits per heavy atom. The van der Waals surface area contributed by atoms with Gasteiger partial charge in [-0.25, -0.2) is 0 Å². The molecule has 12 aromatic carbocycles. The number of hydrogen-bond acceptors (Lipinski definition) is 0. The number of allylic oxidation sites excluding steroid dienone is 14. The Morgan fingerprint density at radius 2 is 0.286 bits per heavy atom. The predicted molar refractivity (Wildman–Crippen MR) is 623 cm³/mol. The summed E-state index contributed by atoms with van der Waals surface area (Å²) in [5.74, 6) is 0.456. The van der Waals surface area contributed by atoms with Crippen LogP contribution in [0.5, 0.6) is 0 Å². The van der Waals surface area contributed by atoms with Gasteiger partial charge in [-0.15, -0.1) is 0 Å². The zero-order valence-corrected chi connectivity index (χ0v) is 99.6. The van der Waals surface area contributed by atoms with Gasteiger partial charge in [0, 0.05) is 5.92 Å². The van der Waals surface area contributed by atoms with E-state index in [1.807, 2.05) is 0 Å². The highest BCUT2D eigenvalue weighted by Crippen LogP contribution is 2.72. The highest BCUT2D eigenvalue weighted by molar-refractivity contribution is 6.29. The molecule has 0 fully saturated rings. The number of aryl methyl sites for hydroxylation is 14. The quantitative estimate of drug-likeness (QED) is 0.133. The molecule has 1 atom stereocenters. The summed E-state index contributed by atoms with van der Waals surface area (Å²) in [6, 6.07) is 0. The molecule has 0 heteroatoms. The van der Waals surface area contributed by atoms with Gasteiger partial charge in [-0.05, 0) is 711 Å². The van der Waals surface area contributed by atoms with E-state index in [-0.39, 0.29) is 54.1 Å². The van der Waals surface area contributed by atoms with E-state index < -0.39 is 0 Å². The largest absolute Gasteiger partial charge is 0.0550 e. The van der Waals surface area contributed by atoms with Crippen LogP contribution < -0.4 is 0 Å². The van der Waals surface area contributed by atoms with E-state index in [0.717, 1.165) is 0 Å². The highest BCUT2D eigenvalue weighted by Gasteiger charge is 2.60. The average Bonchev–Trinajstić information content (AvgIpc) is 1.46. The van der Waals surface area contributed by atoms with E-state index in [1.165, 1.54) is 287 Å². The molecule has 0 nitrogen and oxygen atoms in total. The Morgan fingerprint density at radius 3 is 0.543 bits per heavy atom. The molecule has 738 valence electrons. The molecule has 0 aromatic heterocycles. The minimum atomic E-state index is 0.0546. The molecule has 0 amide bonds. The minimum Gasteiger partial charge on any atom is -0.0550 e. The van der Waals surface area contributed by atoms with Crippen molar-refractivity contribution in [3.63, 3.8) is 0 Å². The lowest BCUT2D eigenvalue weighted by Crippen LogP contribution is -2.37. The molecule has 0 heterocycles. The molecule has 0 saturated heterocycles. The van der Waals surface area contributed by atoms with Gasteiger partial charge in [0.2, 0.25) is 0 Å². The Bertz CT molecular complexity index is 7840. The average molecular weight is 1860 g/mol. The van der Waals surface area contributed by atoms with Crippen LogP contribution in [0.25, 0.3) is 97.3 Å². The fourth-order valence-electron chi connectivity index (χ4n) is 32.5. The van der Waals surface area contributed by atoms with Crippen molar-refractivity contribution < 1.29 is 0 Å². The summed E-state index contributed by atoms with van der Waals surface area (Å²) in [5, 5.41) is 24.4. The first-order valence-electron chi connectivity index (χ1n) is 53.9. The molecule has 0 unspecified atom stereocenters. The first-order chi connectivity index (χ1) is 64.0. The molecule has 0 aliphatic heterocycles. The van der Waals surface area contributed by atoms with Crippen LogP contribution in [0.1, 0.15) is 423 Å². The van der Waals surface area contributed by atoms with Crippen LogP contribution in [0.4, 0.5) is 0 Å². The predicted octanol–water partition coefficient (Wildman–Crippen LogP) is 40.4. The summed E-state index contributed by atoms with van der Waals surface area (Å²) in [7, 11) is 0. The number of fused-ring (bicyclic) bond motifs is 8. The van der Waals surface area contributed by atoms with Crippen molar-refractivity contribution in [3.05, 3.63) is 289 Å². The Balaban J connectivity index is 0.000000121. The van der Waals surface area contributed by atoms with Gasteiger partial charge in [-0.3, -0.25) is 0 Å². The summed E-state index contributed by atoms with van der Waals surface area (Å²) in [6.07, 6.45) is 0. The first-order valence-corrected chi connectivity index (χ1v) is 53.9. The molecule has 0 spiro atoms. The molecule has 9 aliphatic rings. The maximum absolute atomic E-state index is 2.49. The Labute approximate surface area is 849 Å². The molecule has 21 rings (SSSR count). The third-order valence-electron chi connectivity index (χ3n) is 46.0. The van der Waals surface area contributed by atoms with Crippen molar-refractivity contribution in [1.29, 1.82) is 0 Å². The number of rotatable bonds is 0. The third kappa shape index (κ3) is 11.7. The zero-order chi connectivity index (χ0) is 105. The lowest BCUT2D eigenvalue weighted by molar-refractivity contribution is 0.223. The van der Waals surface area contributed by atoms with Crippen molar-refractivity contribution in [2.24, 2.45) is 16.7 Å². The second-order valence-electron chi connectivity index (χ2n) is 52.8. The van der Waals surface area contributed by atoms with E-state index in [1.54, 1.807) is 99.3 Å². The summed E-state index contributed by atoms with van der Waals surface area (Å²) in [6.45, 7) is 141. The lowest BCUT2D eigenvalue weighted by Gasteiger charge is -2.43. The molecule has 0 radical (unpaired) electrons. The maximum atomic E-state index is 2.49. The topological polar surface area (TPSA) is 0 Å². The first kappa shape index (κ1) is 102. The van der Waals surface area contributed by atoms with Gasteiger partial charge in [0.05, 0.1) is 0 Å². The van der Waals surface area contributed by atoms with Crippen molar-refractivity contribution in [2.45, 2.75) is 452 Å². The van der Waals surface area contributed by atoms with E-state index in [4.69, 9.17) is 0 Å². The molecule has 0 N–H and O–H groups in total. The molecule has 9 aliphatic carbocycles. The fourth-order valence-corrected chi connectivity index (χ4v) is 32.5. The van der Waals surface area contributed by atoms with Gasteiger partial charge in [0.1, 0.15) is 0 Å². The van der Waals surface area contributed by atoms with Gasteiger partial charge >= 0.3 is 0 Å². The molecule has 140 heavy (non-hydrogen) atoms. The van der Waals surface area contributed by atoms with Gasteiger partial charge in [0.15, 0.2) is 0 Å². The Kier molecular flexibility index (Phi) is 22.7.